The maximum atomic E-state index is 12.8. The zero-order chi connectivity index (χ0) is 25.8. The van der Waals surface area contributed by atoms with Gasteiger partial charge in [0.25, 0.3) is 0 Å². The zero-order valence-corrected chi connectivity index (χ0v) is 21.2. The minimum absolute atomic E-state index is 0.146. The number of carboxylic acids is 1. The lowest BCUT2D eigenvalue weighted by molar-refractivity contribution is -0.145. The summed E-state index contributed by atoms with van der Waals surface area (Å²) in [5, 5.41) is 11.8. The SMILES string of the molecule is COc1ccc2c3c1OC1C(OC(=O)CCC(=O)NC(C(=O)O)C(C)C)=CCC4[C@@H](C2)N(C)CC[C@]314. The number of nitrogens with zero attached hydrogens (tertiary/aromatic N) is 1. The Morgan fingerprint density at radius 1 is 1.28 bits per heavy atom. The third kappa shape index (κ3) is 3.75. The van der Waals surface area contributed by atoms with E-state index in [0.29, 0.717) is 23.5 Å². The highest BCUT2D eigenvalue weighted by atomic mass is 16.6. The van der Waals surface area contributed by atoms with Gasteiger partial charge in [0.2, 0.25) is 5.91 Å². The Morgan fingerprint density at radius 2 is 2.06 bits per heavy atom. The Bertz CT molecular complexity index is 1130. The first-order valence-electron chi connectivity index (χ1n) is 12.7. The fourth-order valence-corrected chi connectivity index (χ4v) is 6.72. The van der Waals surface area contributed by atoms with E-state index in [1.54, 1.807) is 21.0 Å². The van der Waals surface area contributed by atoms with E-state index in [0.717, 1.165) is 31.6 Å². The molecule has 5 atom stereocenters. The number of nitrogens with one attached hydrogen (secondary N) is 1. The number of esters is 1. The van der Waals surface area contributed by atoms with Crippen molar-refractivity contribution >= 4 is 17.8 Å². The standard InChI is InChI=1S/C27H34N2O7/c1-14(2)23(26(32)33)28-20(30)9-10-21(31)35-19-8-6-16-17-13-15-5-7-18(34-4)24-22(15)27(16,25(19)36-24)11-12-29(17)3/h5,7-8,14,16-17,23,25H,6,9-13H2,1-4H3,(H,28,30)(H,32,33)/t16?,17-,23?,25?,27+/m1/s1. The molecule has 0 saturated carbocycles. The Balaban J connectivity index is 1.34. The third-order valence-electron chi connectivity index (χ3n) is 8.46. The Hall–Kier alpha value is -3.07. The molecule has 5 rings (SSSR count). The van der Waals surface area contributed by atoms with Gasteiger partial charge in [0, 0.05) is 23.4 Å². The minimum Gasteiger partial charge on any atom is -0.493 e. The summed E-state index contributed by atoms with van der Waals surface area (Å²) in [6.07, 6.45) is 3.88. The van der Waals surface area contributed by atoms with Crippen LogP contribution >= 0.6 is 0 Å². The van der Waals surface area contributed by atoms with Crippen molar-refractivity contribution < 1.29 is 33.7 Å². The monoisotopic (exact) mass is 498 g/mol. The van der Waals surface area contributed by atoms with E-state index >= 15 is 0 Å². The summed E-state index contributed by atoms with van der Waals surface area (Å²) < 4.78 is 18.0. The number of hydrogen-bond donors (Lipinski definition) is 2. The second-order valence-electron chi connectivity index (χ2n) is 10.7. The van der Waals surface area contributed by atoms with Crippen LogP contribution in [0.5, 0.6) is 11.5 Å². The highest BCUT2D eigenvalue weighted by Gasteiger charge is 2.64. The van der Waals surface area contributed by atoms with Gasteiger partial charge in [-0.25, -0.2) is 4.79 Å². The van der Waals surface area contributed by atoms with Gasteiger partial charge in [0.05, 0.1) is 13.5 Å². The normalized spacial score (nSPS) is 28.5. The summed E-state index contributed by atoms with van der Waals surface area (Å²) in [4.78, 5) is 38.9. The van der Waals surface area contributed by atoms with Crippen LogP contribution < -0.4 is 14.8 Å². The molecule has 194 valence electrons. The highest BCUT2D eigenvalue weighted by Crippen LogP contribution is 2.63. The van der Waals surface area contributed by atoms with E-state index in [1.165, 1.54) is 11.1 Å². The lowest BCUT2D eigenvalue weighted by Gasteiger charge is -2.56. The second kappa shape index (κ2) is 9.10. The lowest BCUT2D eigenvalue weighted by Crippen LogP contribution is -2.63. The number of carboxylic acid groups (broad SMARTS) is 1. The van der Waals surface area contributed by atoms with E-state index in [2.05, 4.69) is 23.3 Å². The second-order valence-corrected chi connectivity index (χ2v) is 10.7. The largest absolute Gasteiger partial charge is 0.493 e. The van der Waals surface area contributed by atoms with Gasteiger partial charge >= 0.3 is 11.9 Å². The average Bonchev–Trinajstić information content (AvgIpc) is 3.19. The predicted molar refractivity (Wildman–Crippen MR) is 130 cm³/mol. The number of methoxy groups -OCH3 is 1. The van der Waals surface area contributed by atoms with Gasteiger partial charge in [0.15, 0.2) is 17.6 Å². The molecule has 0 aromatic heterocycles. The van der Waals surface area contributed by atoms with Crippen LogP contribution in [0, 0.1) is 11.8 Å². The molecule has 0 radical (unpaired) electrons. The van der Waals surface area contributed by atoms with Crippen molar-refractivity contribution in [2.24, 2.45) is 11.8 Å². The van der Waals surface area contributed by atoms with Crippen LogP contribution in [0.3, 0.4) is 0 Å². The molecule has 1 amide bonds. The molecule has 2 aliphatic heterocycles. The van der Waals surface area contributed by atoms with Crippen molar-refractivity contribution in [3.8, 4) is 11.5 Å². The third-order valence-corrected chi connectivity index (χ3v) is 8.46. The quantitative estimate of drug-likeness (QED) is 0.526. The van der Waals surface area contributed by atoms with Gasteiger partial charge in [-0.05, 0) is 62.4 Å². The first-order chi connectivity index (χ1) is 17.2. The molecule has 2 heterocycles. The molecule has 9 heteroatoms. The maximum Gasteiger partial charge on any atom is 0.326 e. The number of likely N-dealkylation sites (N-methyl/N-ethyl adjacent to an activating group) is 1. The van der Waals surface area contributed by atoms with Crippen molar-refractivity contribution in [2.45, 2.75) is 69.6 Å². The molecule has 1 aromatic rings. The Labute approximate surface area is 210 Å². The molecule has 1 saturated heterocycles. The van der Waals surface area contributed by atoms with Crippen LogP contribution in [-0.2, 0) is 31.0 Å². The molecule has 2 aliphatic carbocycles. The number of amides is 1. The zero-order valence-electron chi connectivity index (χ0n) is 21.2. The highest BCUT2D eigenvalue weighted by molar-refractivity contribution is 5.86. The number of rotatable bonds is 8. The number of piperidine rings is 1. The Morgan fingerprint density at radius 3 is 2.75 bits per heavy atom. The van der Waals surface area contributed by atoms with Crippen LogP contribution in [0.4, 0.5) is 0 Å². The van der Waals surface area contributed by atoms with Crippen LogP contribution in [-0.4, -0.2) is 66.7 Å². The average molecular weight is 499 g/mol. The smallest absolute Gasteiger partial charge is 0.326 e. The van der Waals surface area contributed by atoms with Crippen LogP contribution in [0.25, 0.3) is 0 Å². The van der Waals surface area contributed by atoms with Crippen molar-refractivity contribution in [1.82, 2.24) is 10.2 Å². The van der Waals surface area contributed by atoms with Gasteiger partial charge in [-0.2, -0.15) is 0 Å². The lowest BCUT2D eigenvalue weighted by atomic mass is 9.53. The van der Waals surface area contributed by atoms with Gasteiger partial charge in [-0.15, -0.1) is 0 Å². The summed E-state index contributed by atoms with van der Waals surface area (Å²) in [5.41, 5.74) is 2.20. The number of likely N-dealkylation sites (tertiary alicyclic amines) is 1. The van der Waals surface area contributed by atoms with Gasteiger partial charge < -0.3 is 29.5 Å². The molecule has 1 aromatic carbocycles. The predicted octanol–water partition coefficient (Wildman–Crippen LogP) is 2.41. The molecule has 1 fully saturated rings. The molecule has 9 nitrogen and oxygen atoms in total. The summed E-state index contributed by atoms with van der Waals surface area (Å²) in [7, 11) is 3.81. The first-order valence-corrected chi connectivity index (χ1v) is 12.7. The molecule has 36 heavy (non-hydrogen) atoms. The first kappa shape index (κ1) is 24.6. The molecule has 2 N–H and O–H groups in total. The molecule has 2 bridgehead atoms. The van der Waals surface area contributed by atoms with Crippen molar-refractivity contribution in [3.05, 3.63) is 35.1 Å². The molecular formula is C27H34N2O7. The number of ether oxygens (including phenoxy) is 3. The molecular weight excluding hydrogens is 464 g/mol. The number of benzene rings is 1. The fraction of sp³-hybridized carbons (Fsp3) is 0.593. The topological polar surface area (TPSA) is 114 Å². The maximum absolute atomic E-state index is 12.8. The minimum atomic E-state index is -1.10. The van der Waals surface area contributed by atoms with Crippen LogP contribution in [0.15, 0.2) is 24.0 Å². The molecule has 4 aliphatic rings. The van der Waals surface area contributed by atoms with Crippen LogP contribution in [0.2, 0.25) is 0 Å². The van der Waals surface area contributed by atoms with E-state index in [9.17, 15) is 19.5 Å². The molecule has 1 spiro atoms. The van der Waals surface area contributed by atoms with Crippen LogP contribution in [0.1, 0.15) is 50.7 Å². The number of hydrogen-bond acceptors (Lipinski definition) is 7. The van der Waals surface area contributed by atoms with Gasteiger partial charge in [-0.1, -0.05) is 19.9 Å². The van der Waals surface area contributed by atoms with Crippen molar-refractivity contribution in [1.29, 1.82) is 0 Å². The number of carbonyl (C=O) groups excluding carboxylic acids is 2. The van der Waals surface area contributed by atoms with Crippen molar-refractivity contribution in [3.63, 3.8) is 0 Å². The summed E-state index contributed by atoms with van der Waals surface area (Å²) in [6, 6.07) is 3.48. The summed E-state index contributed by atoms with van der Waals surface area (Å²) >= 11 is 0. The molecule has 3 unspecified atom stereocenters. The number of carbonyl (C=O) groups is 3. The summed E-state index contributed by atoms with van der Waals surface area (Å²) in [5.74, 6) is -0.105. The van der Waals surface area contributed by atoms with E-state index in [4.69, 9.17) is 14.2 Å². The van der Waals surface area contributed by atoms with Gasteiger partial charge in [-0.3, -0.25) is 9.59 Å². The van der Waals surface area contributed by atoms with E-state index in [-0.39, 0.29) is 24.2 Å². The fourth-order valence-electron chi connectivity index (χ4n) is 6.72. The van der Waals surface area contributed by atoms with Gasteiger partial charge in [0.1, 0.15) is 11.8 Å². The Kier molecular flexibility index (Phi) is 6.22. The van der Waals surface area contributed by atoms with Crippen molar-refractivity contribution in [2.75, 3.05) is 20.7 Å². The summed E-state index contributed by atoms with van der Waals surface area (Å²) in [6.45, 7) is 4.36. The number of aliphatic carboxylic acids is 1. The van der Waals surface area contributed by atoms with E-state index < -0.39 is 30.0 Å². The van der Waals surface area contributed by atoms with E-state index in [1.807, 2.05) is 12.1 Å². The number of allylic oxidation sites excluding steroid dienone is 1.